The Kier molecular flexibility index (Phi) is 5.69. The highest BCUT2D eigenvalue weighted by Crippen LogP contribution is 2.43. The molecular weight excluding hydrogens is 474 g/mol. The molecule has 2 aliphatic heterocycles. The van der Waals surface area contributed by atoms with E-state index in [0.29, 0.717) is 30.2 Å². The summed E-state index contributed by atoms with van der Waals surface area (Å²) in [6, 6.07) is 22.5. The Labute approximate surface area is 214 Å². The number of hydrogen-bond donors (Lipinski definition) is 1. The van der Waals surface area contributed by atoms with Gasteiger partial charge in [0, 0.05) is 34.6 Å². The molecule has 2 aliphatic rings. The number of ether oxygens (including phenoxy) is 1. The number of para-hydroxylation sites is 1. The molecule has 1 aromatic heterocycles. The lowest BCUT2D eigenvalue weighted by molar-refractivity contribution is -0.158. The highest BCUT2D eigenvalue weighted by Gasteiger charge is 2.48. The maximum atomic E-state index is 13.8. The van der Waals surface area contributed by atoms with Crippen molar-refractivity contribution in [3.8, 4) is 5.75 Å². The minimum absolute atomic E-state index is 0.00705. The van der Waals surface area contributed by atoms with Gasteiger partial charge in [0.05, 0.1) is 19.7 Å². The second kappa shape index (κ2) is 9.03. The first-order chi connectivity index (χ1) is 17.5. The van der Waals surface area contributed by atoms with Crippen LogP contribution in [0.15, 0.2) is 72.8 Å². The third-order valence-corrected chi connectivity index (χ3v) is 7.59. The fraction of sp³-hybridized carbons (Fsp3) is 0.241. The third kappa shape index (κ3) is 3.82. The van der Waals surface area contributed by atoms with E-state index in [9.17, 15) is 9.59 Å². The van der Waals surface area contributed by atoms with Crippen LogP contribution in [0.3, 0.4) is 0 Å². The summed E-state index contributed by atoms with van der Waals surface area (Å²) in [6.45, 7) is 0.556. The van der Waals surface area contributed by atoms with Crippen LogP contribution in [-0.4, -0.2) is 52.8 Å². The summed E-state index contributed by atoms with van der Waals surface area (Å²) >= 11 is 6.01. The Morgan fingerprint density at radius 2 is 1.83 bits per heavy atom. The summed E-state index contributed by atoms with van der Waals surface area (Å²) in [5.74, 6) is 0.660. The fourth-order valence-corrected chi connectivity index (χ4v) is 5.71. The Balaban J connectivity index is 1.39. The Bertz CT molecular complexity index is 1460. The number of H-pyrrole nitrogens is 1. The van der Waals surface area contributed by atoms with Crippen molar-refractivity contribution in [3.63, 3.8) is 0 Å². The summed E-state index contributed by atoms with van der Waals surface area (Å²) in [5.41, 5.74) is 5.08. The molecule has 182 valence electrons. The van der Waals surface area contributed by atoms with Crippen molar-refractivity contribution in [2.75, 3.05) is 20.2 Å². The Morgan fingerprint density at radius 3 is 2.64 bits per heavy atom. The molecule has 1 N–H and O–H groups in total. The van der Waals surface area contributed by atoms with Crippen LogP contribution in [0.4, 0.5) is 0 Å². The zero-order chi connectivity index (χ0) is 24.8. The van der Waals surface area contributed by atoms with Crippen LogP contribution in [0, 0.1) is 0 Å². The normalized spacial score (nSPS) is 19.4. The second-order valence-electron chi connectivity index (χ2n) is 9.40. The number of aromatic amines is 1. The summed E-state index contributed by atoms with van der Waals surface area (Å²) in [5, 5.41) is 1.78. The maximum absolute atomic E-state index is 13.8. The summed E-state index contributed by atoms with van der Waals surface area (Å²) in [4.78, 5) is 34.6. The first-order valence-electron chi connectivity index (χ1n) is 12.1. The lowest BCUT2D eigenvalue weighted by Crippen LogP contribution is -2.63. The Morgan fingerprint density at radius 1 is 1.03 bits per heavy atom. The summed E-state index contributed by atoms with van der Waals surface area (Å²) < 4.78 is 5.48. The van der Waals surface area contributed by atoms with E-state index in [0.717, 1.165) is 33.3 Å². The number of rotatable bonds is 5. The SMILES string of the molecule is COc1cccc([C@@H]2c3[nH]c4ccccc4c3C[C@H]3C(=O)N(CCc4ccc(Cl)cc4)CC(=O)N23)c1. The van der Waals surface area contributed by atoms with Gasteiger partial charge in [0.1, 0.15) is 11.8 Å². The lowest BCUT2D eigenvalue weighted by Gasteiger charge is -2.47. The minimum atomic E-state index is -0.556. The average molecular weight is 500 g/mol. The number of piperazine rings is 1. The van der Waals surface area contributed by atoms with Crippen molar-refractivity contribution >= 4 is 34.3 Å². The Hall–Kier alpha value is -3.77. The number of carbonyl (C=O) groups excluding carboxylic acids is 2. The van der Waals surface area contributed by atoms with Gasteiger partial charge in [-0.2, -0.15) is 0 Å². The standard InChI is InChI=1S/C29H26ClN3O3/c1-36-21-6-4-5-19(15-21)28-27-23(22-7-2-3-8-24(22)31-27)16-25-29(35)32(17-26(34)33(25)28)14-13-18-9-11-20(30)12-10-18/h2-12,15,25,28,31H,13-14,16-17H2,1H3/t25-,28+/m0/s1. The molecule has 0 aliphatic carbocycles. The molecule has 0 unspecified atom stereocenters. The van der Waals surface area contributed by atoms with E-state index in [1.54, 1.807) is 16.9 Å². The molecule has 2 amide bonds. The number of benzene rings is 3. The summed E-state index contributed by atoms with van der Waals surface area (Å²) in [6.07, 6.45) is 1.16. The highest BCUT2D eigenvalue weighted by atomic mass is 35.5. The number of halogens is 1. The van der Waals surface area contributed by atoms with Crippen molar-refractivity contribution in [1.29, 1.82) is 0 Å². The van der Waals surface area contributed by atoms with Gasteiger partial charge in [-0.15, -0.1) is 0 Å². The lowest BCUT2D eigenvalue weighted by atomic mass is 9.86. The van der Waals surface area contributed by atoms with Crippen molar-refractivity contribution in [3.05, 3.63) is 100 Å². The third-order valence-electron chi connectivity index (χ3n) is 7.34. The van der Waals surface area contributed by atoms with Crippen molar-refractivity contribution in [2.45, 2.75) is 24.9 Å². The number of aromatic nitrogens is 1. The van der Waals surface area contributed by atoms with Crippen LogP contribution in [0.2, 0.25) is 5.02 Å². The summed E-state index contributed by atoms with van der Waals surface area (Å²) in [7, 11) is 1.63. The maximum Gasteiger partial charge on any atom is 0.246 e. The molecule has 36 heavy (non-hydrogen) atoms. The van der Waals surface area contributed by atoms with E-state index in [2.05, 4.69) is 11.1 Å². The number of fused-ring (bicyclic) bond motifs is 4. The van der Waals surface area contributed by atoms with Gasteiger partial charge in [-0.25, -0.2) is 0 Å². The van der Waals surface area contributed by atoms with Crippen LogP contribution < -0.4 is 4.74 Å². The van der Waals surface area contributed by atoms with Gasteiger partial charge in [0.2, 0.25) is 11.8 Å². The smallest absolute Gasteiger partial charge is 0.246 e. The number of nitrogens with one attached hydrogen (secondary N) is 1. The number of amides is 2. The van der Waals surface area contributed by atoms with E-state index < -0.39 is 12.1 Å². The van der Waals surface area contributed by atoms with E-state index >= 15 is 0 Å². The molecule has 3 aromatic carbocycles. The number of methoxy groups -OCH3 is 1. The number of hydrogen-bond acceptors (Lipinski definition) is 3. The molecule has 1 saturated heterocycles. The zero-order valence-corrected chi connectivity index (χ0v) is 20.7. The fourth-order valence-electron chi connectivity index (χ4n) is 5.59. The first-order valence-corrected chi connectivity index (χ1v) is 12.5. The molecular formula is C29H26ClN3O3. The molecule has 0 spiro atoms. The molecule has 2 atom stereocenters. The highest BCUT2D eigenvalue weighted by molar-refractivity contribution is 6.30. The predicted molar refractivity (Wildman–Crippen MR) is 139 cm³/mol. The van der Waals surface area contributed by atoms with Gasteiger partial charge in [-0.1, -0.05) is 54.1 Å². The molecule has 0 radical (unpaired) electrons. The van der Waals surface area contributed by atoms with E-state index in [1.807, 2.05) is 66.7 Å². The molecule has 0 bridgehead atoms. The zero-order valence-electron chi connectivity index (χ0n) is 19.9. The van der Waals surface area contributed by atoms with E-state index in [4.69, 9.17) is 16.3 Å². The van der Waals surface area contributed by atoms with Crippen LogP contribution in [0.1, 0.15) is 28.4 Å². The van der Waals surface area contributed by atoms with Crippen molar-refractivity contribution < 1.29 is 14.3 Å². The minimum Gasteiger partial charge on any atom is -0.497 e. The first kappa shape index (κ1) is 22.7. The molecule has 7 heteroatoms. The largest absolute Gasteiger partial charge is 0.497 e. The van der Waals surface area contributed by atoms with Gasteiger partial charge in [0.25, 0.3) is 0 Å². The van der Waals surface area contributed by atoms with E-state index in [1.165, 1.54) is 0 Å². The molecule has 0 saturated carbocycles. The molecule has 6 nitrogen and oxygen atoms in total. The molecule has 4 aromatic rings. The average Bonchev–Trinajstić information content (AvgIpc) is 3.28. The predicted octanol–water partition coefficient (Wildman–Crippen LogP) is 4.76. The second-order valence-corrected chi connectivity index (χ2v) is 9.84. The van der Waals surface area contributed by atoms with Crippen molar-refractivity contribution in [1.82, 2.24) is 14.8 Å². The van der Waals surface area contributed by atoms with E-state index in [-0.39, 0.29) is 18.4 Å². The van der Waals surface area contributed by atoms with Crippen LogP contribution in [-0.2, 0) is 22.4 Å². The number of carbonyl (C=O) groups is 2. The van der Waals surface area contributed by atoms with Crippen molar-refractivity contribution in [2.24, 2.45) is 0 Å². The van der Waals surface area contributed by atoms with Gasteiger partial charge >= 0.3 is 0 Å². The van der Waals surface area contributed by atoms with Gasteiger partial charge < -0.3 is 19.5 Å². The molecule has 1 fully saturated rings. The monoisotopic (exact) mass is 499 g/mol. The van der Waals surface area contributed by atoms with Gasteiger partial charge in [-0.05, 0) is 53.4 Å². The number of nitrogens with zero attached hydrogens (tertiary/aromatic N) is 2. The van der Waals surface area contributed by atoms with Crippen LogP contribution >= 0.6 is 11.6 Å². The topological polar surface area (TPSA) is 65.6 Å². The van der Waals surface area contributed by atoms with Gasteiger partial charge in [0.15, 0.2) is 0 Å². The molecule has 6 rings (SSSR count). The van der Waals surface area contributed by atoms with Gasteiger partial charge in [-0.3, -0.25) is 9.59 Å². The molecule has 3 heterocycles. The van der Waals surface area contributed by atoms with Crippen LogP contribution in [0.5, 0.6) is 5.75 Å². The van der Waals surface area contributed by atoms with Crippen LogP contribution in [0.25, 0.3) is 10.9 Å². The quantitative estimate of drug-likeness (QED) is 0.430.